The number of aromatic nitrogens is 1. The van der Waals surface area contributed by atoms with Crippen LogP contribution >= 0.6 is 22.6 Å². The number of anilines is 1. The number of nitrogens with zero attached hydrogens (tertiary/aromatic N) is 1. The highest BCUT2D eigenvalue weighted by Crippen LogP contribution is 2.27. The molecule has 3 aromatic rings. The fourth-order valence-corrected chi connectivity index (χ4v) is 2.99. The molecule has 0 saturated carbocycles. The minimum absolute atomic E-state index is 0.240. The Morgan fingerprint density at radius 1 is 1.20 bits per heavy atom. The molecule has 0 fully saturated rings. The van der Waals surface area contributed by atoms with Gasteiger partial charge in [0.05, 0.1) is 5.52 Å². The van der Waals surface area contributed by atoms with E-state index in [-0.39, 0.29) is 17.9 Å². The summed E-state index contributed by atoms with van der Waals surface area (Å²) in [6, 6.07) is 14.1. The van der Waals surface area contributed by atoms with Crippen LogP contribution in [0.3, 0.4) is 0 Å². The summed E-state index contributed by atoms with van der Waals surface area (Å²) in [5.41, 5.74) is 0.265. The third kappa shape index (κ3) is 3.30. The number of amides is 1. The first-order valence-electron chi connectivity index (χ1n) is 7.55. The lowest BCUT2D eigenvalue weighted by molar-refractivity contribution is 0.102. The Kier molecular flexibility index (Phi) is 4.89. The SMILES string of the molecule is C=CCn1c(=O)c(C(=O)Nc2ccc(I)cc2)c(O)c2ccccc21. The number of para-hydroxylation sites is 1. The monoisotopic (exact) mass is 446 g/mol. The van der Waals surface area contributed by atoms with Crippen LogP contribution in [0.4, 0.5) is 5.69 Å². The smallest absolute Gasteiger partial charge is 0.268 e. The van der Waals surface area contributed by atoms with Crippen LogP contribution in [-0.4, -0.2) is 15.6 Å². The van der Waals surface area contributed by atoms with Crippen LogP contribution < -0.4 is 10.9 Å². The molecule has 0 unspecified atom stereocenters. The highest BCUT2D eigenvalue weighted by molar-refractivity contribution is 14.1. The van der Waals surface area contributed by atoms with Crippen molar-refractivity contribution < 1.29 is 9.90 Å². The van der Waals surface area contributed by atoms with Crippen LogP contribution in [-0.2, 0) is 6.54 Å². The lowest BCUT2D eigenvalue weighted by Gasteiger charge is -2.13. The average Bonchev–Trinajstić information content (AvgIpc) is 2.61. The van der Waals surface area contributed by atoms with E-state index in [2.05, 4.69) is 34.5 Å². The van der Waals surface area contributed by atoms with Crippen molar-refractivity contribution in [2.75, 3.05) is 5.32 Å². The van der Waals surface area contributed by atoms with Crippen LogP contribution in [0.5, 0.6) is 5.75 Å². The Morgan fingerprint density at radius 3 is 2.56 bits per heavy atom. The van der Waals surface area contributed by atoms with Gasteiger partial charge in [-0.15, -0.1) is 6.58 Å². The number of fused-ring (bicyclic) bond motifs is 1. The Bertz CT molecular complexity index is 1020. The van der Waals surface area contributed by atoms with E-state index in [0.717, 1.165) is 3.57 Å². The molecule has 1 amide bonds. The number of allylic oxidation sites excluding steroid dienone is 1. The highest BCUT2D eigenvalue weighted by atomic mass is 127. The minimum Gasteiger partial charge on any atom is -0.506 e. The van der Waals surface area contributed by atoms with Crippen LogP contribution in [0, 0.1) is 3.57 Å². The lowest BCUT2D eigenvalue weighted by atomic mass is 10.1. The van der Waals surface area contributed by atoms with Crippen molar-refractivity contribution in [3.05, 3.63) is 80.7 Å². The second kappa shape index (κ2) is 7.10. The summed E-state index contributed by atoms with van der Waals surface area (Å²) in [5, 5.41) is 13.6. The first kappa shape index (κ1) is 17.2. The molecule has 25 heavy (non-hydrogen) atoms. The van der Waals surface area contributed by atoms with E-state index in [1.165, 1.54) is 4.57 Å². The molecule has 0 atom stereocenters. The Balaban J connectivity index is 2.14. The molecule has 6 heteroatoms. The molecule has 2 aromatic carbocycles. The van der Waals surface area contributed by atoms with Crippen LogP contribution in [0.2, 0.25) is 0 Å². The fraction of sp³-hybridized carbons (Fsp3) is 0.0526. The van der Waals surface area contributed by atoms with Gasteiger partial charge in [0.25, 0.3) is 11.5 Å². The van der Waals surface area contributed by atoms with E-state index in [4.69, 9.17) is 0 Å². The number of hydrogen-bond acceptors (Lipinski definition) is 3. The molecule has 2 N–H and O–H groups in total. The fourth-order valence-electron chi connectivity index (χ4n) is 2.63. The molecule has 0 aliphatic rings. The molecule has 1 heterocycles. The highest BCUT2D eigenvalue weighted by Gasteiger charge is 2.21. The number of carbonyl (C=O) groups is 1. The number of benzene rings is 2. The summed E-state index contributed by atoms with van der Waals surface area (Å²) in [6.45, 7) is 3.89. The third-order valence-electron chi connectivity index (χ3n) is 3.79. The second-order valence-corrected chi connectivity index (χ2v) is 6.65. The van der Waals surface area contributed by atoms with E-state index in [0.29, 0.717) is 16.6 Å². The van der Waals surface area contributed by atoms with Crippen molar-refractivity contribution in [2.45, 2.75) is 6.54 Å². The summed E-state index contributed by atoms with van der Waals surface area (Å²) < 4.78 is 2.45. The third-order valence-corrected chi connectivity index (χ3v) is 4.51. The quantitative estimate of drug-likeness (QED) is 0.474. The van der Waals surface area contributed by atoms with Crippen LogP contribution in [0.15, 0.2) is 66.0 Å². The maximum Gasteiger partial charge on any atom is 0.268 e. The van der Waals surface area contributed by atoms with Gasteiger partial charge in [-0.3, -0.25) is 9.59 Å². The van der Waals surface area contributed by atoms with E-state index >= 15 is 0 Å². The van der Waals surface area contributed by atoms with Crippen LogP contribution in [0.25, 0.3) is 10.9 Å². The normalized spacial score (nSPS) is 10.6. The minimum atomic E-state index is -0.646. The van der Waals surface area contributed by atoms with Gasteiger partial charge in [0.1, 0.15) is 11.3 Å². The van der Waals surface area contributed by atoms with Gasteiger partial charge in [0.2, 0.25) is 0 Å². The first-order chi connectivity index (χ1) is 12.0. The molecule has 0 aliphatic carbocycles. The van der Waals surface area contributed by atoms with Crippen molar-refractivity contribution in [1.82, 2.24) is 4.57 Å². The van der Waals surface area contributed by atoms with Gasteiger partial charge in [-0.1, -0.05) is 18.2 Å². The summed E-state index contributed by atoms with van der Waals surface area (Å²) in [7, 11) is 0. The molecule has 0 radical (unpaired) electrons. The summed E-state index contributed by atoms with van der Waals surface area (Å²) in [6.07, 6.45) is 1.58. The molecular weight excluding hydrogens is 431 g/mol. The van der Waals surface area contributed by atoms with Crippen molar-refractivity contribution in [3.63, 3.8) is 0 Å². The molecule has 3 rings (SSSR count). The van der Waals surface area contributed by atoms with Crippen molar-refractivity contribution in [2.24, 2.45) is 0 Å². The van der Waals surface area contributed by atoms with Gasteiger partial charge < -0.3 is 15.0 Å². The van der Waals surface area contributed by atoms with E-state index < -0.39 is 11.5 Å². The average molecular weight is 446 g/mol. The van der Waals surface area contributed by atoms with Gasteiger partial charge in [-0.2, -0.15) is 0 Å². The second-order valence-electron chi connectivity index (χ2n) is 5.41. The lowest BCUT2D eigenvalue weighted by Crippen LogP contribution is -2.29. The number of carbonyl (C=O) groups excluding carboxylic acids is 1. The number of halogens is 1. The summed E-state index contributed by atoms with van der Waals surface area (Å²) in [5.74, 6) is -0.962. The van der Waals surface area contributed by atoms with Gasteiger partial charge in [0, 0.05) is 21.2 Å². The van der Waals surface area contributed by atoms with Crippen molar-refractivity contribution >= 4 is 45.1 Å². The Morgan fingerprint density at radius 2 is 1.88 bits per heavy atom. The maximum atomic E-state index is 12.8. The largest absolute Gasteiger partial charge is 0.506 e. The maximum absolute atomic E-state index is 12.8. The standard InChI is InChI=1S/C19H15IN2O3/c1-2-11-22-15-6-4-3-5-14(15)17(23)16(19(22)25)18(24)21-13-9-7-12(20)8-10-13/h2-10,23H,1,11H2,(H,21,24). The molecule has 0 aliphatic heterocycles. The number of aromatic hydroxyl groups is 1. The number of rotatable bonds is 4. The number of pyridine rings is 1. The zero-order chi connectivity index (χ0) is 18.0. The Labute approximate surface area is 157 Å². The molecule has 126 valence electrons. The van der Waals surface area contributed by atoms with Crippen molar-refractivity contribution in [1.29, 1.82) is 0 Å². The molecule has 0 spiro atoms. The Hall–Kier alpha value is -2.61. The van der Waals surface area contributed by atoms with Crippen LogP contribution in [0.1, 0.15) is 10.4 Å². The summed E-state index contributed by atoms with van der Waals surface area (Å²) >= 11 is 2.16. The first-order valence-corrected chi connectivity index (χ1v) is 8.63. The number of nitrogens with one attached hydrogen (secondary N) is 1. The van der Waals surface area contributed by atoms with Gasteiger partial charge >= 0.3 is 0 Å². The molecule has 0 bridgehead atoms. The molecular formula is C19H15IN2O3. The summed E-state index contributed by atoms with van der Waals surface area (Å²) in [4.78, 5) is 25.4. The van der Waals surface area contributed by atoms with E-state index in [1.54, 1.807) is 42.5 Å². The predicted molar refractivity (Wildman–Crippen MR) is 107 cm³/mol. The molecule has 5 nitrogen and oxygen atoms in total. The van der Waals surface area contributed by atoms with Gasteiger partial charge in [-0.25, -0.2) is 0 Å². The topological polar surface area (TPSA) is 71.3 Å². The van der Waals surface area contributed by atoms with E-state index in [9.17, 15) is 14.7 Å². The molecule has 1 aromatic heterocycles. The van der Waals surface area contributed by atoms with Gasteiger partial charge in [0.15, 0.2) is 0 Å². The predicted octanol–water partition coefficient (Wildman–Crippen LogP) is 3.75. The zero-order valence-corrected chi connectivity index (χ0v) is 15.4. The zero-order valence-electron chi connectivity index (χ0n) is 13.2. The van der Waals surface area contributed by atoms with E-state index in [1.807, 2.05) is 12.1 Å². The molecule has 0 saturated heterocycles. The number of hydrogen-bond donors (Lipinski definition) is 2. The van der Waals surface area contributed by atoms with Gasteiger partial charge in [-0.05, 0) is 59.0 Å². The van der Waals surface area contributed by atoms with Crippen molar-refractivity contribution in [3.8, 4) is 5.75 Å².